The van der Waals surface area contributed by atoms with Gasteiger partial charge in [-0.05, 0) is 30.7 Å². The van der Waals surface area contributed by atoms with Gasteiger partial charge in [0.25, 0.3) is 5.91 Å². The van der Waals surface area contributed by atoms with Crippen LogP contribution >= 0.6 is 0 Å². The van der Waals surface area contributed by atoms with E-state index >= 15 is 0 Å². The molecular formula is C14H15N3O2. The average molecular weight is 257 g/mol. The molecule has 98 valence electrons. The molecule has 2 aromatic rings. The van der Waals surface area contributed by atoms with Gasteiger partial charge < -0.3 is 16.0 Å². The Bertz CT molecular complexity index is 662. The molecule has 0 aliphatic rings. The topological polar surface area (TPSA) is 88.0 Å². The van der Waals surface area contributed by atoms with Crippen LogP contribution in [0.1, 0.15) is 21.6 Å². The quantitative estimate of drug-likeness (QED) is 0.776. The molecule has 1 amide bonds. The second kappa shape index (κ2) is 5.49. The molecule has 1 heterocycles. The maximum absolute atomic E-state index is 12.0. The summed E-state index contributed by atoms with van der Waals surface area (Å²) in [6.45, 7) is 2.14. The maximum Gasteiger partial charge on any atom is 0.255 e. The number of pyridine rings is 1. The van der Waals surface area contributed by atoms with E-state index in [0.29, 0.717) is 23.5 Å². The van der Waals surface area contributed by atoms with Gasteiger partial charge in [0.1, 0.15) is 0 Å². The maximum atomic E-state index is 12.0. The van der Waals surface area contributed by atoms with Crippen molar-refractivity contribution in [2.75, 3.05) is 5.32 Å². The van der Waals surface area contributed by atoms with Crippen LogP contribution in [-0.4, -0.2) is 10.9 Å². The highest BCUT2D eigenvalue weighted by atomic mass is 16.2. The van der Waals surface area contributed by atoms with E-state index in [1.54, 1.807) is 25.1 Å². The molecule has 0 saturated carbocycles. The zero-order valence-electron chi connectivity index (χ0n) is 10.6. The predicted octanol–water partition coefficient (Wildman–Crippen LogP) is 1.39. The van der Waals surface area contributed by atoms with Crippen molar-refractivity contribution in [3.05, 3.63) is 63.6 Å². The lowest BCUT2D eigenvalue weighted by Crippen LogP contribution is -2.17. The Kier molecular flexibility index (Phi) is 3.77. The average Bonchev–Trinajstić information content (AvgIpc) is 2.37. The van der Waals surface area contributed by atoms with Crippen molar-refractivity contribution >= 4 is 11.6 Å². The molecule has 0 aliphatic heterocycles. The van der Waals surface area contributed by atoms with Crippen LogP contribution in [0.2, 0.25) is 0 Å². The summed E-state index contributed by atoms with van der Waals surface area (Å²) in [6, 6.07) is 10.2. The van der Waals surface area contributed by atoms with Crippen LogP contribution < -0.4 is 16.6 Å². The molecule has 19 heavy (non-hydrogen) atoms. The molecule has 5 heteroatoms. The molecule has 1 aromatic heterocycles. The smallest absolute Gasteiger partial charge is 0.255 e. The van der Waals surface area contributed by atoms with Crippen LogP contribution in [0.4, 0.5) is 5.69 Å². The van der Waals surface area contributed by atoms with Crippen molar-refractivity contribution in [2.45, 2.75) is 13.5 Å². The molecule has 0 unspecified atom stereocenters. The molecule has 5 nitrogen and oxygen atoms in total. The first-order valence-electron chi connectivity index (χ1n) is 5.90. The fourth-order valence-electron chi connectivity index (χ4n) is 1.79. The summed E-state index contributed by atoms with van der Waals surface area (Å²) in [5, 5.41) is 2.74. The largest absolute Gasteiger partial charge is 0.326 e. The number of aromatic nitrogens is 1. The van der Waals surface area contributed by atoms with Crippen LogP contribution in [0.3, 0.4) is 0 Å². The standard InChI is InChI=1S/C14H15N3O2/c1-9-5-11(7-13(18)16-9)14(19)17-12-4-2-3-10(6-12)8-15/h2-7H,8,15H2,1H3,(H,16,18)(H,17,19). The number of rotatable bonds is 3. The van der Waals surface area contributed by atoms with Gasteiger partial charge >= 0.3 is 0 Å². The van der Waals surface area contributed by atoms with Gasteiger partial charge in [-0.2, -0.15) is 0 Å². The summed E-state index contributed by atoms with van der Waals surface area (Å²) < 4.78 is 0. The molecule has 0 radical (unpaired) electrons. The molecule has 0 spiro atoms. The molecule has 0 aliphatic carbocycles. The highest BCUT2D eigenvalue weighted by Crippen LogP contribution is 2.11. The third-order valence-corrected chi connectivity index (χ3v) is 2.66. The van der Waals surface area contributed by atoms with E-state index in [0.717, 1.165) is 5.56 Å². The number of carbonyl (C=O) groups is 1. The summed E-state index contributed by atoms with van der Waals surface area (Å²) in [4.78, 5) is 25.9. The normalized spacial score (nSPS) is 10.2. The van der Waals surface area contributed by atoms with Crippen molar-refractivity contribution in [3.8, 4) is 0 Å². The van der Waals surface area contributed by atoms with Gasteiger partial charge in [-0.15, -0.1) is 0 Å². The Labute approximate surface area is 110 Å². The van der Waals surface area contributed by atoms with Gasteiger partial charge in [-0.25, -0.2) is 0 Å². The number of hydrogen-bond acceptors (Lipinski definition) is 3. The van der Waals surface area contributed by atoms with E-state index in [4.69, 9.17) is 5.73 Å². The number of hydrogen-bond donors (Lipinski definition) is 3. The van der Waals surface area contributed by atoms with Gasteiger partial charge in [0.15, 0.2) is 0 Å². The van der Waals surface area contributed by atoms with Gasteiger partial charge in [0.2, 0.25) is 5.56 Å². The zero-order valence-corrected chi connectivity index (χ0v) is 10.6. The van der Waals surface area contributed by atoms with Crippen molar-refractivity contribution in [2.24, 2.45) is 5.73 Å². The third kappa shape index (κ3) is 3.29. The SMILES string of the molecule is Cc1cc(C(=O)Nc2cccc(CN)c2)cc(=O)[nH]1. The molecular weight excluding hydrogens is 242 g/mol. The molecule has 0 fully saturated rings. The van der Waals surface area contributed by atoms with E-state index < -0.39 is 0 Å². The first-order valence-corrected chi connectivity index (χ1v) is 5.90. The Morgan fingerprint density at radius 2 is 2.11 bits per heavy atom. The summed E-state index contributed by atoms with van der Waals surface area (Å²) >= 11 is 0. The lowest BCUT2D eigenvalue weighted by molar-refractivity contribution is 0.102. The van der Waals surface area contributed by atoms with Crippen LogP contribution in [0, 0.1) is 6.92 Å². The summed E-state index contributed by atoms with van der Waals surface area (Å²) in [5.41, 5.74) is 7.82. The number of amides is 1. The minimum Gasteiger partial charge on any atom is -0.326 e. The van der Waals surface area contributed by atoms with E-state index in [9.17, 15) is 9.59 Å². The highest BCUT2D eigenvalue weighted by molar-refractivity contribution is 6.04. The van der Waals surface area contributed by atoms with Crippen molar-refractivity contribution < 1.29 is 4.79 Å². The number of anilines is 1. The number of nitrogens with two attached hydrogens (primary N) is 1. The number of carbonyl (C=O) groups excluding carboxylic acids is 1. The van der Waals surface area contributed by atoms with Crippen LogP contribution in [0.15, 0.2) is 41.2 Å². The summed E-state index contributed by atoms with van der Waals surface area (Å²) in [6.07, 6.45) is 0. The Morgan fingerprint density at radius 1 is 1.32 bits per heavy atom. The lowest BCUT2D eigenvalue weighted by Gasteiger charge is -2.07. The zero-order chi connectivity index (χ0) is 13.8. The molecule has 4 N–H and O–H groups in total. The molecule has 0 bridgehead atoms. The highest BCUT2D eigenvalue weighted by Gasteiger charge is 2.07. The van der Waals surface area contributed by atoms with Crippen molar-refractivity contribution in [3.63, 3.8) is 0 Å². The second-order valence-corrected chi connectivity index (χ2v) is 4.27. The number of aryl methyl sites for hydroxylation is 1. The minimum atomic E-state index is -0.316. The van der Waals surface area contributed by atoms with Gasteiger partial charge in [0, 0.05) is 29.6 Å². The predicted molar refractivity (Wildman–Crippen MR) is 74.1 cm³/mol. The Balaban J connectivity index is 2.22. The summed E-state index contributed by atoms with van der Waals surface area (Å²) in [7, 11) is 0. The van der Waals surface area contributed by atoms with E-state index in [1.165, 1.54) is 6.07 Å². The van der Waals surface area contributed by atoms with Crippen LogP contribution in [0.25, 0.3) is 0 Å². The van der Waals surface area contributed by atoms with Gasteiger partial charge in [-0.3, -0.25) is 9.59 Å². The minimum absolute atomic E-state index is 0.291. The first-order chi connectivity index (χ1) is 9.08. The Morgan fingerprint density at radius 3 is 2.79 bits per heavy atom. The van der Waals surface area contributed by atoms with Gasteiger partial charge in [-0.1, -0.05) is 12.1 Å². The van der Waals surface area contributed by atoms with E-state index in [-0.39, 0.29) is 11.5 Å². The van der Waals surface area contributed by atoms with Crippen molar-refractivity contribution in [1.29, 1.82) is 0 Å². The first kappa shape index (κ1) is 13.0. The van der Waals surface area contributed by atoms with Crippen LogP contribution in [0.5, 0.6) is 0 Å². The van der Waals surface area contributed by atoms with E-state index in [1.807, 2.05) is 12.1 Å². The molecule has 1 aromatic carbocycles. The lowest BCUT2D eigenvalue weighted by atomic mass is 10.2. The van der Waals surface area contributed by atoms with Crippen LogP contribution in [-0.2, 0) is 6.54 Å². The monoisotopic (exact) mass is 257 g/mol. The molecule has 0 atom stereocenters. The second-order valence-electron chi connectivity index (χ2n) is 4.27. The number of nitrogens with one attached hydrogen (secondary N) is 2. The fraction of sp³-hybridized carbons (Fsp3) is 0.143. The molecule has 2 rings (SSSR count). The molecule has 0 saturated heterocycles. The number of H-pyrrole nitrogens is 1. The van der Waals surface area contributed by atoms with Gasteiger partial charge in [0.05, 0.1) is 0 Å². The summed E-state index contributed by atoms with van der Waals surface area (Å²) in [5.74, 6) is -0.316. The number of aromatic amines is 1. The third-order valence-electron chi connectivity index (χ3n) is 2.66. The fourth-order valence-corrected chi connectivity index (χ4v) is 1.79. The van der Waals surface area contributed by atoms with E-state index in [2.05, 4.69) is 10.3 Å². The Hall–Kier alpha value is -2.40. The number of benzene rings is 1. The van der Waals surface area contributed by atoms with Crippen molar-refractivity contribution in [1.82, 2.24) is 4.98 Å².